The van der Waals surface area contributed by atoms with Crippen molar-refractivity contribution >= 4 is 29.2 Å². The van der Waals surface area contributed by atoms with Crippen molar-refractivity contribution in [2.24, 2.45) is 10.9 Å². The molecule has 0 radical (unpaired) electrons. The summed E-state index contributed by atoms with van der Waals surface area (Å²) in [5.74, 6) is 1.50. The van der Waals surface area contributed by atoms with Crippen molar-refractivity contribution in [3.05, 3.63) is 17.9 Å². The molecule has 1 aromatic rings. The molecule has 1 saturated heterocycles. The summed E-state index contributed by atoms with van der Waals surface area (Å²) in [7, 11) is 0. The summed E-state index contributed by atoms with van der Waals surface area (Å²) < 4.78 is 17.0. The van der Waals surface area contributed by atoms with Crippen LogP contribution in [0.2, 0.25) is 0 Å². The third kappa shape index (κ3) is 2.10. The van der Waals surface area contributed by atoms with Gasteiger partial charge in [0.25, 0.3) is 0 Å². The molecule has 3 aliphatic rings. The van der Waals surface area contributed by atoms with Crippen molar-refractivity contribution in [2.45, 2.75) is 30.6 Å². The Morgan fingerprint density at radius 1 is 1.26 bits per heavy atom. The standard InChI is InChI=1S/C14H16FN3S/c15-10-7-11(18-5-1-2-6-18)13-12(8-10)19-17-14(16-13)9-3-4-9/h7-9H,1-6H2,(H,16,17). The predicted molar refractivity (Wildman–Crippen MR) is 76.7 cm³/mol. The van der Waals surface area contributed by atoms with E-state index in [2.05, 4.69) is 9.62 Å². The summed E-state index contributed by atoms with van der Waals surface area (Å²) in [4.78, 5) is 7.94. The van der Waals surface area contributed by atoms with Crippen LogP contribution in [0.3, 0.4) is 0 Å². The first-order valence-electron chi connectivity index (χ1n) is 6.91. The number of amidine groups is 1. The molecule has 0 unspecified atom stereocenters. The second-order valence-corrected chi connectivity index (χ2v) is 6.29. The van der Waals surface area contributed by atoms with Crippen molar-refractivity contribution in [3.8, 4) is 0 Å². The summed E-state index contributed by atoms with van der Waals surface area (Å²) in [6.45, 7) is 2.03. The zero-order valence-corrected chi connectivity index (χ0v) is 11.5. The van der Waals surface area contributed by atoms with E-state index in [4.69, 9.17) is 4.99 Å². The van der Waals surface area contributed by atoms with Crippen LogP contribution in [-0.2, 0) is 0 Å². The fourth-order valence-corrected chi connectivity index (χ4v) is 3.58. The number of hydrogen-bond donors (Lipinski definition) is 1. The SMILES string of the molecule is Fc1cc2c(c(N3CCCC3)c1)N=C(C1CC1)NS2. The van der Waals surface area contributed by atoms with Crippen molar-refractivity contribution in [1.82, 2.24) is 4.72 Å². The summed E-state index contributed by atoms with van der Waals surface area (Å²) >= 11 is 1.50. The highest BCUT2D eigenvalue weighted by Gasteiger charge is 2.31. The summed E-state index contributed by atoms with van der Waals surface area (Å²) in [6, 6.07) is 3.23. The number of nitrogens with zero attached hydrogens (tertiary/aromatic N) is 2. The van der Waals surface area contributed by atoms with Gasteiger partial charge in [-0.1, -0.05) is 0 Å². The lowest BCUT2D eigenvalue weighted by Gasteiger charge is -2.24. The van der Waals surface area contributed by atoms with E-state index < -0.39 is 0 Å². The number of aliphatic imine (C=N–C) groups is 1. The van der Waals surface area contributed by atoms with Gasteiger partial charge in [-0.15, -0.1) is 0 Å². The highest BCUT2D eigenvalue weighted by Crippen LogP contribution is 2.44. The molecule has 1 saturated carbocycles. The van der Waals surface area contributed by atoms with E-state index in [-0.39, 0.29) is 5.82 Å². The molecule has 100 valence electrons. The van der Waals surface area contributed by atoms with E-state index in [9.17, 15) is 4.39 Å². The Morgan fingerprint density at radius 2 is 2.05 bits per heavy atom. The molecule has 2 aliphatic heterocycles. The van der Waals surface area contributed by atoms with Gasteiger partial charge in [0.1, 0.15) is 17.3 Å². The van der Waals surface area contributed by atoms with Gasteiger partial charge in [0.05, 0.1) is 10.6 Å². The van der Waals surface area contributed by atoms with Crippen LogP contribution in [0.25, 0.3) is 0 Å². The second-order valence-electron chi connectivity index (χ2n) is 5.44. The van der Waals surface area contributed by atoms with Gasteiger partial charge >= 0.3 is 0 Å². The van der Waals surface area contributed by atoms with Crippen molar-refractivity contribution in [3.63, 3.8) is 0 Å². The minimum absolute atomic E-state index is 0.167. The van der Waals surface area contributed by atoms with Crippen molar-refractivity contribution in [2.75, 3.05) is 18.0 Å². The van der Waals surface area contributed by atoms with Gasteiger partial charge in [-0.25, -0.2) is 9.38 Å². The zero-order valence-electron chi connectivity index (χ0n) is 10.7. The zero-order chi connectivity index (χ0) is 12.8. The molecule has 4 rings (SSSR count). The Bertz CT molecular complexity index is 548. The molecule has 19 heavy (non-hydrogen) atoms. The Kier molecular flexibility index (Phi) is 2.69. The third-order valence-corrected chi connectivity index (χ3v) is 4.77. The van der Waals surface area contributed by atoms with E-state index in [1.807, 2.05) is 0 Å². The molecular weight excluding hydrogens is 261 g/mol. The Hall–Kier alpha value is -1.23. The van der Waals surface area contributed by atoms with Crippen LogP contribution in [0.15, 0.2) is 22.0 Å². The number of rotatable bonds is 2. The van der Waals surface area contributed by atoms with Gasteiger partial charge in [-0.3, -0.25) is 0 Å². The number of hydrogen-bond acceptors (Lipinski definition) is 4. The highest BCUT2D eigenvalue weighted by atomic mass is 32.2. The van der Waals surface area contributed by atoms with Crippen LogP contribution in [-0.4, -0.2) is 18.9 Å². The lowest BCUT2D eigenvalue weighted by molar-refractivity contribution is 0.623. The van der Waals surface area contributed by atoms with E-state index >= 15 is 0 Å². The average Bonchev–Trinajstić information content (AvgIpc) is 3.13. The van der Waals surface area contributed by atoms with E-state index in [0.717, 1.165) is 35.2 Å². The molecule has 0 amide bonds. The van der Waals surface area contributed by atoms with Crippen LogP contribution < -0.4 is 9.62 Å². The third-order valence-electron chi connectivity index (χ3n) is 3.93. The largest absolute Gasteiger partial charge is 0.370 e. The first kappa shape index (κ1) is 11.6. The quantitative estimate of drug-likeness (QED) is 0.839. The molecule has 3 nitrogen and oxygen atoms in total. The van der Waals surface area contributed by atoms with Crippen LogP contribution in [0, 0.1) is 11.7 Å². The molecular formula is C14H16FN3S. The topological polar surface area (TPSA) is 27.6 Å². The second kappa shape index (κ2) is 4.40. The maximum absolute atomic E-state index is 13.8. The smallest absolute Gasteiger partial charge is 0.126 e. The maximum atomic E-state index is 13.8. The molecule has 0 bridgehead atoms. The molecule has 0 aromatic heterocycles. The minimum atomic E-state index is -0.167. The van der Waals surface area contributed by atoms with Gasteiger partial charge in [0.2, 0.25) is 0 Å². The van der Waals surface area contributed by atoms with Crippen LogP contribution in [0.1, 0.15) is 25.7 Å². The van der Waals surface area contributed by atoms with Gasteiger partial charge in [-0.2, -0.15) is 0 Å². The number of nitrogens with one attached hydrogen (secondary N) is 1. The molecule has 0 spiro atoms. The lowest BCUT2D eigenvalue weighted by atomic mass is 10.2. The van der Waals surface area contributed by atoms with Gasteiger partial charge < -0.3 is 9.62 Å². The van der Waals surface area contributed by atoms with Crippen LogP contribution >= 0.6 is 11.9 Å². The Balaban J connectivity index is 1.79. The fourth-order valence-electron chi connectivity index (χ4n) is 2.73. The monoisotopic (exact) mass is 277 g/mol. The van der Waals surface area contributed by atoms with Gasteiger partial charge in [-0.05, 0) is 49.8 Å². The first-order chi connectivity index (χ1) is 9.31. The normalized spacial score (nSPS) is 21.9. The highest BCUT2D eigenvalue weighted by molar-refractivity contribution is 7.98. The summed E-state index contributed by atoms with van der Waals surface area (Å²) in [5, 5.41) is 0. The summed E-state index contributed by atoms with van der Waals surface area (Å²) in [5.41, 5.74) is 1.94. The van der Waals surface area contributed by atoms with Crippen LogP contribution in [0.5, 0.6) is 0 Å². The van der Waals surface area contributed by atoms with Crippen molar-refractivity contribution < 1.29 is 4.39 Å². The first-order valence-corrected chi connectivity index (χ1v) is 7.73. The maximum Gasteiger partial charge on any atom is 0.126 e. The average molecular weight is 277 g/mol. The molecule has 1 N–H and O–H groups in total. The van der Waals surface area contributed by atoms with Gasteiger partial charge in [0, 0.05) is 19.0 Å². The number of halogens is 1. The molecule has 2 fully saturated rings. The Labute approximate surface area is 116 Å². The predicted octanol–water partition coefficient (Wildman–Crippen LogP) is 3.48. The van der Waals surface area contributed by atoms with Crippen LogP contribution in [0.4, 0.5) is 15.8 Å². The van der Waals surface area contributed by atoms with Gasteiger partial charge in [0.15, 0.2) is 0 Å². The number of anilines is 1. The number of fused-ring (bicyclic) bond motifs is 1. The molecule has 2 heterocycles. The summed E-state index contributed by atoms with van der Waals surface area (Å²) in [6.07, 6.45) is 4.83. The molecule has 5 heteroatoms. The minimum Gasteiger partial charge on any atom is -0.370 e. The van der Waals surface area contributed by atoms with E-state index in [1.54, 1.807) is 12.1 Å². The fraction of sp³-hybridized carbons (Fsp3) is 0.500. The number of benzene rings is 1. The molecule has 1 aliphatic carbocycles. The lowest BCUT2D eigenvalue weighted by Crippen LogP contribution is -2.23. The van der Waals surface area contributed by atoms with Crippen molar-refractivity contribution in [1.29, 1.82) is 0 Å². The van der Waals surface area contributed by atoms with E-state index in [1.165, 1.54) is 37.6 Å². The Morgan fingerprint density at radius 3 is 2.79 bits per heavy atom. The molecule has 1 aromatic carbocycles. The molecule has 0 atom stereocenters. The van der Waals surface area contributed by atoms with E-state index in [0.29, 0.717) is 5.92 Å².